The van der Waals surface area contributed by atoms with E-state index in [1.807, 2.05) is 28.9 Å². The number of rotatable bonds is 6. The van der Waals surface area contributed by atoms with E-state index in [9.17, 15) is 4.79 Å². The Kier molecular flexibility index (Phi) is 6.41. The Labute approximate surface area is 193 Å². The Bertz CT molecular complexity index is 1140. The van der Waals surface area contributed by atoms with E-state index in [-0.39, 0.29) is 11.6 Å². The molecule has 176 valence electrons. The number of aromatic nitrogens is 5. The third kappa shape index (κ3) is 4.39. The van der Waals surface area contributed by atoms with Gasteiger partial charge in [0.05, 0.1) is 18.7 Å². The van der Waals surface area contributed by atoms with Crippen molar-refractivity contribution in [3.63, 3.8) is 0 Å². The number of aromatic amines is 1. The molecule has 33 heavy (non-hydrogen) atoms. The predicted octanol–water partition coefficient (Wildman–Crippen LogP) is 2.76. The lowest BCUT2D eigenvalue weighted by molar-refractivity contribution is 0.106. The van der Waals surface area contributed by atoms with E-state index in [1.165, 1.54) is 19.3 Å². The number of nitrogens with zero attached hydrogens (tertiary/aromatic N) is 6. The van der Waals surface area contributed by atoms with Crippen molar-refractivity contribution in [2.45, 2.75) is 51.1 Å². The van der Waals surface area contributed by atoms with Crippen LogP contribution in [0, 0.1) is 0 Å². The molecule has 1 saturated heterocycles. The van der Waals surface area contributed by atoms with Crippen molar-refractivity contribution in [2.75, 3.05) is 39.8 Å². The quantitative estimate of drug-likeness (QED) is 0.616. The van der Waals surface area contributed by atoms with Crippen molar-refractivity contribution in [2.24, 2.45) is 0 Å². The minimum Gasteiger partial charge on any atom is -0.497 e. The van der Waals surface area contributed by atoms with Crippen LogP contribution in [-0.4, -0.2) is 74.8 Å². The monoisotopic (exact) mass is 451 g/mol. The van der Waals surface area contributed by atoms with E-state index >= 15 is 0 Å². The zero-order chi connectivity index (χ0) is 22.8. The molecule has 5 rings (SSSR count). The molecule has 0 spiro atoms. The summed E-state index contributed by atoms with van der Waals surface area (Å²) in [6.07, 6.45) is 5.83. The van der Waals surface area contributed by atoms with Crippen LogP contribution in [-0.2, 0) is 0 Å². The third-order valence-electron chi connectivity index (χ3n) is 7.28. The third-order valence-corrected chi connectivity index (χ3v) is 7.28. The molecule has 1 aliphatic heterocycles. The number of H-pyrrole nitrogens is 1. The summed E-state index contributed by atoms with van der Waals surface area (Å²) in [5.41, 5.74) is 1.37. The molecule has 0 amide bonds. The zero-order valence-corrected chi connectivity index (χ0v) is 19.5. The SMILES string of the molecule is CCN1CCN([C@@H](c2cc3ccc(OC)cc3[nH]c2=O)c2nnnn2C2CCCCC2)CC1. The fourth-order valence-corrected chi connectivity index (χ4v) is 5.33. The molecule has 1 aliphatic carbocycles. The first-order chi connectivity index (χ1) is 16.2. The predicted molar refractivity (Wildman–Crippen MR) is 127 cm³/mol. The lowest BCUT2D eigenvalue weighted by Crippen LogP contribution is -2.49. The first-order valence-corrected chi connectivity index (χ1v) is 12.1. The van der Waals surface area contributed by atoms with E-state index in [0.29, 0.717) is 11.6 Å². The largest absolute Gasteiger partial charge is 0.497 e. The Hall–Kier alpha value is -2.78. The Balaban J connectivity index is 1.59. The standard InChI is InChI=1S/C24H33N7O2/c1-3-29-11-13-30(14-12-29)22(23-26-27-28-31(23)18-7-5-4-6-8-18)20-15-17-9-10-19(33-2)16-21(17)25-24(20)32/h9-10,15-16,18,22H,3-8,11-14H2,1-2H3,(H,25,32)/t22-/m0/s1. The molecule has 9 nitrogen and oxygen atoms in total. The van der Waals surface area contributed by atoms with Gasteiger partial charge in [-0.05, 0) is 53.4 Å². The number of nitrogens with one attached hydrogen (secondary N) is 1. The van der Waals surface area contributed by atoms with Crippen molar-refractivity contribution in [3.05, 3.63) is 46.0 Å². The second-order valence-electron chi connectivity index (χ2n) is 9.15. The van der Waals surface area contributed by atoms with Crippen molar-refractivity contribution >= 4 is 10.9 Å². The highest BCUT2D eigenvalue weighted by Crippen LogP contribution is 2.33. The maximum atomic E-state index is 13.4. The molecule has 1 atom stereocenters. The number of hydrogen-bond donors (Lipinski definition) is 1. The second kappa shape index (κ2) is 9.61. The molecule has 0 bridgehead atoms. The van der Waals surface area contributed by atoms with Crippen molar-refractivity contribution in [1.82, 2.24) is 35.0 Å². The van der Waals surface area contributed by atoms with Gasteiger partial charge in [0.15, 0.2) is 5.82 Å². The smallest absolute Gasteiger partial charge is 0.253 e. The number of hydrogen-bond acceptors (Lipinski definition) is 7. The Morgan fingerprint density at radius 2 is 1.91 bits per heavy atom. The van der Waals surface area contributed by atoms with Crippen LogP contribution in [0.25, 0.3) is 10.9 Å². The van der Waals surface area contributed by atoms with Gasteiger partial charge in [-0.1, -0.05) is 26.2 Å². The summed E-state index contributed by atoms with van der Waals surface area (Å²) in [6.45, 7) is 6.92. The summed E-state index contributed by atoms with van der Waals surface area (Å²) >= 11 is 0. The fourth-order valence-electron chi connectivity index (χ4n) is 5.33. The second-order valence-corrected chi connectivity index (χ2v) is 9.15. The number of piperazine rings is 1. The molecule has 9 heteroatoms. The van der Waals surface area contributed by atoms with Gasteiger partial charge in [-0.3, -0.25) is 9.69 Å². The zero-order valence-electron chi connectivity index (χ0n) is 19.5. The highest BCUT2D eigenvalue weighted by Gasteiger charge is 2.34. The topological polar surface area (TPSA) is 92.2 Å². The molecule has 0 unspecified atom stereocenters. The summed E-state index contributed by atoms with van der Waals surface area (Å²) in [4.78, 5) is 21.3. The average molecular weight is 452 g/mol. The molecule has 3 aromatic rings. The molecule has 2 fully saturated rings. The number of tetrazole rings is 1. The lowest BCUT2D eigenvalue weighted by Gasteiger charge is -2.38. The summed E-state index contributed by atoms with van der Waals surface area (Å²) in [5.74, 6) is 1.50. The molecule has 2 aliphatic rings. The van der Waals surface area contributed by atoms with Gasteiger partial charge in [0.25, 0.3) is 5.56 Å². The maximum absolute atomic E-state index is 13.4. The number of benzene rings is 1. The first-order valence-electron chi connectivity index (χ1n) is 12.1. The summed E-state index contributed by atoms with van der Waals surface area (Å²) in [5, 5.41) is 14.0. The van der Waals surface area contributed by atoms with Crippen LogP contribution in [0.4, 0.5) is 0 Å². The molecule has 1 aromatic carbocycles. The van der Waals surface area contributed by atoms with Gasteiger partial charge >= 0.3 is 0 Å². The van der Waals surface area contributed by atoms with Crippen LogP contribution in [0.2, 0.25) is 0 Å². The van der Waals surface area contributed by atoms with Crippen LogP contribution in [0.15, 0.2) is 29.1 Å². The molecule has 0 radical (unpaired) electrons. The van der Waals surface area contributed by atoms with E-state index in [2.05, 4.69) is 37.2 Å². The normalized spacial score (nSPS) is 19.7. The summed E-state index contributed by atoms with van der Waals surface area (Å²) < 4.78 is 7.34. The number of methoxy groups -OCH3 is 1. The van der Waals surface area contributed by atoms with Crippen LogP contribution >= 0.6 is 0 Å². The van der Waals surface area contributed by atoms with E-state index in [4.69, 9.17) is 4.74 Å². The van der Waals surface area contributed by atoms with E-state index in [0.717, 1.165) is 68.0 Å². The van der Waals surface area contributed by atoms with Gasteiger partial charge in [-0.15, -0.1) is 5.10 Å². The van der Waals surface area contributed by atoms with Crippen LogP contribution < -0.4 is 10.3 Å². The fraction of sp³-hybridized carbons (Fsp3) is 0.583. The average Bonchev–Trinajstić information content (AvgIpc) is 3.34. The summed E-state index contributed by atoms with van der Waals surface area (Å²) in [6, 6.07) is 7.80. The van der Waals surface area contributed by atoms with Gasteiger partial charge in [-0.25, -0.2) is 4.68 Å². The number of likely N-dealkylation sites (N-methyl/N-ethyl adjacent to an activating group) is 1. The van der Waals surface area contributed by atoms with Gasteiger partial charge in [0.2, 0.25) is 0 Å². The first kappa shape index (κ1) is 22.0. The highest BCUT2D eigenvalue weighted by molar-refractivity contribution is 5.80. The van der Waals surface area contributed by atoms with Crippen molar-refractivity contribution in [1.29, 1.82) is 0 Å². The van der Waals surface area contributed by atoms with Gasteiger partial charge < -0.3 is 14.6 Å². The number of pyridine rings is 1. The highest BCUT2D eigenvalue weighted by atomic mass is 16.5. The maximum Gasteiger partial charge on any atom is 0.253 e. The Morgan fingerprint density at radius 1 is 1.12 bits per heavy atom. The van der Waals surface area contributed by atoms with Crippen LogP contribution in [0.3, 0.4) is 0 Å². The molecule has 1 saturated carbocycles. The van der Waals surface area contributed by atoms with E-state index in [1.54, 1.807) is 7.11 Å². The Morgan fingerprint density at radius 3 is 2.64 bits per heavy atom. The van der Waals surface area contributed by atoms with Crippen LogP contribution in [0.1, 0.15) is 62.5 Å². The molecule has 1 N–H and O–H groups in total. The summed E-state index contributed by atoms with van der Waals surface area (Å²) in [7, 11) is 1.63. The van der Waals surface area contributed by atoms with Crippen molar-refractivity contribution < 1.29 is 4.74 Å². The molecule has 2 aromatic heterocycles. The van der Waals surface area contributed by atoms with Gasteiger partial charge in [0.1, 0.15) is 11.8 Å². The molecule has 3 heterocycles. The van der Waals surface area contributed by atoms with Gasteiger partial charge in [-0.2, -0.15) is 0 Å². The number of ether oxygens (including phenoxy) is 1. The molecular weight excluding hydrogens is 418 g/mol. The van der Waals surface area contributed by atoms with Gasteiger partial charge in [0, 0.05) is 37.8 Å². The van der Waals surface area contributed by atoms with Crippen LogP contribution in [0.5, 0.6) is 5.75 Å². The number of fused-ring (bicyclic) bond motifs is 1. The molecular formula is C24H33N7O2. The minimum absolute atomic E-state index is 0.100. The lowest BCUT2D eigenvalue weighted by atomic mass is 9.95. The minimum atomic E-state index is -0.281. The van der Waals surface area contributed by atoms with E-state index < -0.39 is 0 Å². The van der Waals surface area contributed by atoms with Crippen molar-refractivity contribution in [3.8, 4) is 5.75 Å².